The maximum absolute atomic E-state index is 5.97. The molecule has 0 bridgehead atoms. The van der Waals surface area contributed by atoms with Crippen molar-refractivity contribution in [3.05, 3.63) is 46.8 Å². The van der Waals surface area contributed by atoms with Crippen LogP contribution in [0.2, 0.25) is 0 Å². The highest BCUT2D eigenvalue weighted by Crippen LogP contribution is 2.29. The van der Waals surface area contributed by atoms with Gasteiger partial charge in [0.05, 0.1) is 18.8 Å². The fourth-order valence-corrected chi connectivity index (χ4v) is 2.43. The number of benzene rings is 1. The van der Waals surface area contributed by atoms with Gasteiger partial charge >= 0.3 is 0 Å². The zero-order chi connectivity index (χ0) is 14.0. The third-order valence-electron chi connectivity index (χ3n) is 3.31. The quantitative estimate of drug-likeness (QED) is 0.917. The number of methoxy groups -OCH3 is 1. The Hall–Kier alpha value is -1.81. The zero-order valence-corrected chi connectivity index (χ0v) is 12.0. The predicted octanol–water partition coefficient (Wildman–Crippen LogP) is 2.37. The van der Waals surface area contributed by atoms with Gasteiger partial charge in [0.1, 0.15) is 5.75 Å². The van der Waals surface area contributed by atoms with Crippen LogP contribution in [0, 0.1) is 20.8 Å². The summed E-state index contributed by atoms with van der Waals surface area (Å²) < 4.78 is 7.43. The van der Waals surface area contributed by atoms with E-state index in [-0.39, 0.29) is 6.04 Å². The molecule has 1 atom stereocenters. The summed E-state index contributed by atoms with van der Waals surface area (Å²) in [5, 5.41) is 4.54. The van der Waals surface area contributed by atoms with Gasteiger partial charge in [-0.1, -0.05) is 17.7 Å². The Balaban J connectivity index is 2.53. The molecule has 2 rings (SSSR count). The van der Waals surface area contributed by atoms with Crippen LogP contribution < -0.4 is 10.5 Å². The SMILES string of the molecule is COc1ccc(C)cc1C(CN)n1nc(C)cc1C. The van der Waals surface area contributed by atoms with Gasteiger partial charge in [-0.25, -0.2) is 0 Å². The van der Waals surface area contributed by atoms with E-state index in [9.17, 15) is 0 Å². The molecule has 0 saturated carbocycles. The molecule has 1 aromatic heterocycles. The Morgan fingerprint density at radius 1 is 1.26 bits per heavy atom. The van der Waals surface area contributed by atoms with E-state index in [4.69, 9.17) is 10.5 Å². The number of hydrogen-bond donors (Lipinski definition) is 1. The normalized spacial score (nSPS) is 12.5. The van der Waals surface area contributed by atoms with Gasteiger partial charge in [0.2, 0.25) is 0 Å². The molecule has 0 aliphatic carbocycles. The highest BCUT2D eigenvalue weighted by atomic mass is 16.5. The second kappa shape index (κ2) is 5.45. The van der Waals surface area contributed by atoms with E-state index in [1.807, 2.05) is 30.7 Å². The number of nitrogens with zero attached hydrogens (tertiary/aromatic N) is 2. The van der Waals surface area contributed by atoms with Crippen molar-refractivity contribution in [1.29, 1.82) is 0 Å². The second-order valence-corrected chi connectivity index (χ2v) is 4.87. The lowest BCUT2D eigenvalue weighted by atomic mass is 10.0. The first-order valence-electron chi connectivity index (χ1n) is 6.44. The molecule has 102 valence electrons. The summed E-state index contributed by atoms with van der Waals surface area (Å²) in [5.74, 6) is 0.855. The van der Waals surface area contributed by atoms with E-state index in [1.54, 1.807) is 7.11 Å². The molecule has 0 amide bonds. The van der Waals surface area contributed by atoms with Crippen LogP contribution in [0.15, 0.2) is 24.3 Å². The Labute approximate surface area is 114 Å². The number of ether oxygens (including phenoxy) is 1. The standard InChI is InChI=1S/C15H21N3O/c1-10-5-6-15(19-4)13(7-10)14(9-16)18-12(3)8-11(2)17-18/h5-8,14H,9,16H2,1-4H3. The van der Waals surface area contributed by atoms with Crippen molar-refractivity contribution in [1.82, 2.24) is 9.78 Å². The molecule has 2 aromatic rings. The number of hydrogen-bond acceptors (Lipinski definition) is 3. The molecule has 19 heavy (non-hydrogen) atoms. The number of aromatic nitrogens is 2. The highest BCUT2D eigenvalue weighted by molar-refractivity contribution is 5.40. The summed E-state index contributed by atoms with van der Waals surface area (Å²) in [5.41, 5.74) is 10.4. The third-order valence-corrected chi connectivity index (χ3v) is 3.31. The Morgan fingerprint density at radius 3 is 2.53 bits per heavy atom. The molecule has 0 fully saturated rings. The molecule has 2 N–H and O–H groups in total. The van der Waals surface area contributed by atoms with Crippen LogP contribution in [0.4, 0.5) is 0 Å². The van der Waals surface area contributed by atoms with Crippen molar-refractivity contribution >= 4 is 0 Å². The van der Waals surface area contributed by atoms with Gasteiger partial charge in [-0.2, -0.15) is 5.10 Å². The van der Waals surface area contributed by atoms with Gasteiger partial charge in [0.15, 0.2) is 0 Å². The van der Waals surface area contributed by atoms with Crippen molar-refractivity contribution in [3.63, 3.8) is 0 Å². The smallest absolute Gasteiger partial charge is 0.124 e. The van der Waals surface area contributed by atoms with E-state index < -0.39 is 0 Å². The molecule has 0 saturated heterocycles. The predicted molar refractivity (Wildman–Crippen MR) is 76.6 cm³/mol. The summed E-state index contributed by atoms with van der Waals surface area (Å²) in [4.78, 5) is 0. The van der Waals surface area contributed by atoms with E-state index in [0.29, 0.717) is 6.54 Å². The molecular weight excluding hydrogens is 238 g/mol. The van der Waals surface area contributed by atoms with Crippen LogP contribution in [0.3, 0.4) is 0 Å². The molecule has 1 aromatic carbocycles. The first-order valence-corrected chi connectivity index (χ1v) is 6.44. The monoisotopic (exact) mass is 259 g/mol. The Morgan fingerprint density at radius 2 is 2.00 bits per heavy atom. The Kier molecular flexibility index (Phi) is 3.90. The van der Waals surface area contributed by atoms with Gasteiger partial charge in [-0.05, 0) is 32.9 Å². The van der Waals surface area contributed by atoms with Crippen LogP contribution in [0.5, 0.6) is 5.75 Å². The zero-order valence-electron chi connectivity index (χ0n) is 12.0. The lowest BCUT2D eigenvalue weighted by Gasteiger charge is -2.21. The van der Waals surface area contributed by atoms with Crippen molar-refractivity contribution < 1.29 is 4.74 Å². The maximum Gasteiger partial charge on any atom is 0.124 e. The molecule has 0 spiro atoms. The van der Waals surface area contributed by atoms with Crippen LogP contribution >= 0.6 is 0 Å². The van der Waals surface area contributed by atoms with Crippen LogP contribution in [-0.2, 0) is 0 Å². The summed E-state index contributed by atoms with van der Waals surface area (Å²) in [6.07, 6.45) is 0. The van der Waals surface area contributed by atoms with Gasteiger partial charge in [0.25, 0.3) is 0 Å². The molecule has 0 aliphatic rings. The average Bonchev–Trinajstić information content (AvgIpc) is 2.70. The summed E-state index contributed by atoms with van der Waals surface area (Å²) in [6.45, 7) is 6.59. The van der Waals surface area contributed by atoms with Crippen molar-refractivity contribution in [2.24, 2.45) is 5.73 Å². The van der Waals surface area contributed by atoms with Crippen LogP contribution in [0.25, 0.3) is 0 Å². The van der Waals surface area contributed by atoms with E-state index in [2.05, 4.69) is 24.2 Å². The fraction of sp³-hybridized carbons (Fsp3) is 0.400. The molecule has 1 unspecified atom stereocenters. The minimum Gasteiger partial charge on any atom is -0.496 e. The minimum absolute atomic E-state index is 0.00329. The molecular formula is C15H21N3O. The van der Waals surface area contributed by atoms with E-state index in [1.165, 1.54) is 5.56 Å². The van der Waals surface area contributed by atoms with Gasteiger partial charge < -0.3 is 10.5 Å². The van der Waals surface area contributed by atoms with Crippen molar-refractivity contribution in [3.8, 4) is 5.75 Å². The first-order chi connectivity index (χ1) is 9.06. The van der Waals surface area contributed by atoms with Gasteiger partial charge in [0, 0.05) is 17.8 Å². The van der Waals surface area contributed by atoms with Crippen molar-refractivity contribution in [2.75, 3.05) is 13.7 Å². The van der Waals surface area contributed by atoms with E-state index in [0.717, 1.165) is 22.7 Å². The molecule has 1 heterocycles. The number of nitrogens with two attached hydrogens (primary N) is 1. The fourth-order valence-electron chi connectivity index (χ4n) is 2.43. The number of rotatable bonds is 4. The Bertz CT molecular complexity index is 575. The van der Waals surface area contributed by atoms with Gasteiger partial charge in [-0.15, -0.1) is 0 Å². The van der Waals surface area contributed by atoms with Crippen molar-refractivity contribution in [2.45, 2.75) is 26.8 Å². The lowest BCUT2D eigenvalue weighted by molar-refractivity contribution is 0.396. The molecule has 0 radical (unpaired) electrons. The molecule has 4 nitrogen and oxygen atoms in total. The van der Waals surface area contributed by atoms with E-state index >= 15 is 0 Å². The van der Waals surface area contributed by atoms with Crippen LogP contribution in [0.1, 0.15) is 28.6 Å². The highest BCUT2D eigenvalue weighted by Gasteiger charge is 2.19. The van der Waals surface area contributed by atoms with Crippen LogP contribution in [-0.4, -0.2) is 23.4 Å². The topological polar surface area (TPSA) is 53.1 Å². The maximum atomic E-state index is 5.97. The molecule has 4 heteroatoms. The van der Waals surface area contributed by atoms with Gasteiger partial charge in [-0.3, -0.25) is 4.68 Å². The summed E-state index contributed by atoms with van der Waals surface area (Å²) >= 11 is 0. The summed E-state index contributed by atoms with van der Waals surface area (Å²) in [6, 6.07) is 8.21. The number of aryl methyl sites for hydroxylation is 3. The summed E-state index contributed by atoms with van der Waals surface area (Å²) in [7, 11) is 1.68. The average molecular weight is 259 g/mol. The first kappa shape index (κ1) is 13.6. The molecule has 0 aliphatic heterocycles. The second-order valence-electron chi connectivity index (χ2n) is 4.87. The minimum atomic E-state index is 0.00329. The largest absolute Gasteiger partial charge is 0.496 e. The third kappa shape index (κ3) is 2.63. The lowest BCUT2D eigenvalue weighted by Crippen LogP contribution is -2.23.